The Labute approximate surface area is 135 Å². The molecule has 3 rings (SSSR count). The molecule has 0 aliphatic carbocycles. The van der Waals surface area contributed by atoms with Crippen LogP contribution in [0.5, 0.6) is 0 Å². The summed E-state index contributed by atoms with van der Waals surface area (Å²) in [6.07, 6.45) is 3.42. The lowest BCUT2D eigenvalue weighted by molar-refractivity contribution is 0.00233. The van der Waals surface area contributed by atoms with Gasteiger partial charge in [-0.25, -0.2) is 4.39 Å². The van der Waals surface area contributed by atoms with E-state index in [2.05, 4.69) is 10.3 Å². The van der Waals surface area contributed by atoms with Gasteiger partial charge < -0.3 is 15.0 Å². The lowest BCUT2D eigenvalue weighted by Gasteiger charge is -2.36. The van der Waals surface area contributed by atoms with Gasteiger partial charge in [0.15, 0.2) is 5.78 Å². The third kappa shape index (κ3) is 3.16. The topological polar surface area (TPSA) is 54.1 Å². The molecule has 5 heteroatoms. The zero-order valence-corrected chi connectivity index (χ0v) is 13.6. The Hall–Kier alpha value is -1.72. The van der Waals surface area contributed by atoms with Crippen molar-refractivity contribution in [3.63, 3.8) is 0 Å². The first-order chi connectivity index (χ1) is 11.0. The standard InChI is InChI=1S/C18H23FN2O2/c1-12(2)23-11-18(5-3-6-20-10-18)17(22)14-8-13-4-7-21-16(13)15(19)9-14/h4,7-9,12,20-21H,3,5-6,10-11H2,1-2H3. The number of fused-ring (bicyclic) bond motifs is 1. The van der Waals surface area contributed by atoms with Gasteiger partial charge in [-0.15, -0.1) is 0 Å². The number of H-pyrrole nitrogens is 1. The molecule has 4 nitrogen and oxygen atoms in total. The van der Waals surface area contributed by atoms with Gasteiger partial charge in [0.05, 0.1) is 23.6 Å². The van der Waals surface area contributed by atoms with Crippen LogP contribution < -0.4 is 5.32 Å². The molecular weight excluding hydrogens is 295 g/mol. The van der Waals surface area contributed by atoms with Crippen molar-refractivity contribution in [2.45, 2.75) is 32.8 Å². The largest absolute Gasteiger partial charge is 0.378 e. The zero-order chi connectivity index (χ0) is 16.4. The maximum atomic E-state index is 14.2. The van der Waals surface area contributed by atoms with E-state index < -0.39 is 5.41 Å². The van der Waals surface area contributed by atoms with Crippen molar-refractivity contribution in [3.8, 4) is 0 Å². The summed E-state index contributed by atoms with van der Waals surface area (Å²) in [6.45, 7) is 5.76. The number of piperidine rings is 1. The van der Waals surface area contributed by atoms with E-state index in [1.165, 1.54) is 6.07 Å². The number of ether oxygens (including phenoxy) is 1. The fourth-order valence-electron chi connectivity index (χ4n) is 3.24. The van der Waals surface area contributed by atoms with Crippen molar-refractivity contribution < 1.29 is 13.9 Å². The van der Waals surface area contributed by atoms with Crippen molar-refractivity contribution in [1.82, 2.24) is 10.3 Å². The predicted octanol–water partition coefficient (Wildman–Crippen LogP) is 3.28. The molecule has 1 aliphatic heterocycles. The highest BCUT2D eigenvalue weighted by molar-refractivity contribution is 6.03. The van der Waals surface area contributed by atoms with Crippen LogP contribution in [0.3, 0.4) is 0 Å². The van der Waals surface area contributed by atoms with Gasteiger partial charge in [0.1, 0.15) is 5.82 Å². The fourth-order valence-corrected chi connectivity index (χ4v) is 3.24. The summed E-state index contributed by atoms with van der Waals surface area (Å²) in [5, 5.41) is 4.02. The Morgan fingerprint density at radius 3 is 2.96 bits per heavy atom. The highest BCUT2D eigenvalue weighted by Gasteiger charge is 2.40. The molecular formula is C18H23FN2O2. The molecule has 0 spiro atoms. The molecule has 2 heterocycles. The molecule has 1 atom stereocenters. The van der Waals surface area contributed by atoms with E-state index in [-0.39, 0.29) is 17.7 Å². The van der Waals surface area contributed by atoms with Gasteiger partial charge in [-0.2, -0.15) is 0 Å². The van der Waals surface area contributed by atoms with Gasteiger partial charge in [0, 0.05) is 23.7 Å². The Morgan fingerprint density at radius 2 is 2.26 bits per heavy atom. The monoisotopic (exact) mass is 318 g/mol. The van der Waals surface area contributed by atoms with E-state index in [0.717, 1.165) is 24.8 Å². The summed E-state index contributed by atoms with van der Waals surface area (Å²) in [6, 6.07) is 4.89. The zero-order valence-electron chi connectivity index (χ0n) is 13.6. The molecule has 0 amide bonds. The van der Waals surface area contributed by atoms with Gasteiger partial charge in [-0.3, -0.25) is 4.79 Å². The van der Waals surface area contributed by atoms with Gasteiger partial charge in [0.2, 0.25) is 0 Å². The summed E-state index contributed by atoms with van der Waals surface area (Å²) >= 11 is 0. The molecule has 0 radical (unpaired) electrons. The second-order valence-electron chi connectivity index (χ2n) is 6.65. The molecule has 1 aromatic heterocycles. The third-order valence-corrected chi connectivity index (χ3v) is 4.52. The number of hydrogen-bond acceptors (Lipinski definition) is 3. The van der Waals surface area contributed by atoms with Crippen molar-refractivity contribution in [2.75, 3.05) is 19.7 Å². The van der Waals surface area contributed by atoms with Crippen LogP contribution in [0.4, 0.5) is 4.39 Å². The van der Waals surface area contributed by atoms with E-state index in [4.69, 9.17) is 4.74 Å². The van der Waals surface area contributed by atoms with Gasteiger partial charge in [-0.1, -0.05) is 0 Å². The molecule has 2 N–H and O–H groups in total. The van der Waals surface area contributed by atoms with Crippen LogP contribution in [-0.2, 0) is 4.74 Å². The lowest BCUT2D eigenvalue weighted by atomic mass is 9.75. The van der Waals surface area contributed by atoms with Crippen molar-refractivity contribution in [2.24, 2.45) is 5.41 Å². The fraction of sp³-hybridized carbons (Fsp3) is 0.500. The number of halogens is 1. The molecule has 23 heavy (non-hydrogen) atoms. The summed E-state index contributed by atoms with van der Waals surface area (Å²) in [7, 11) is 0. The third-order valence-electron chi connectivity index (χ3n) is 4.52. The summed E-state index contributed by atoms with van der Waals surface area (Å²) in [5.41, 5.74) is 0.250. The molecule has 1 fully saturated rings. The average molecular weight is 318 g/mol. The lowest BCUT2D eigenvalue weighted by Crippen LogP contribution is -2.49. The van der Waals surface area contributed by atoms with Crippen LogP contribution in [0.1, 0.15) is 37.0 Å². The first-order valence-corrected chi connectivity index (χ1v) is 8.16. The van der Waals surface area contributed by atoms with Crippen LogP contribution in [0.2, 0.25) is 0 Å². The minimum Gasteiger partial charge on any atom is -0.378 e. The maximum Gasteiger partial charge on any atom is 0.172 e. The summed E-state index contributed by atoms with van der Waals surface area (Å²) < 4.78 is 20.0. The number of ketones is 1. The number of aromatic amines is 1. The predicted molar refractivity (Wildman–Crippen MR) is 88.2 cm³/mol. The van der Waals surface area contributed by atoms with Crippen LogP contribution in [0, 0.1) is 11.2 Å². The number of Topliss-reactive ketones (excluding diaryl/α,β-unsaturated/α-hetero) is 1. The summed E-state index contributed by atoms with van der Waals surface area (Å²) in [5.74, 6) is -0.424. The maximum absolute atomic E-state index is 14.2. The Balaban J connectivity index is 1.95. The molecule has 0 bridgehead atoms. The minimum absolute atomic E-state index is 0.0349. The first kappa shape index (κ1) is 16.1. The van der Waals surface area contributed by atoms with Crippen molar-refractivity contribution >= 4 is 16.7 Å². The van der Waals surface area contributed by atoms with E-state index >= 15 is 0 Å². The minimum atomic E-state index is -0.612. The SMILES string of the molecule is CC(C)OCC1(C(=O)c2cc(F)c3[nH]ccc3c2)CCCNC1. The van der Waals surface area contributed by atoms with E-state index in [1.807, 2.05) is 13.8 Å². The van der Waals surface area contributed by atoms with Crippen LogP contribution in [-0.4, -0.2) is 36.6 Å². The molecule has 1 aliphatic rings. The van der Waals surface area contributed by atoms with Gasteiger partial charge >= 0.3 is 0 Å². The molecule has 124 valence electrons. The van der Waals surface area contributed by atoms with Crippen molar-refractivity contribution in [1.29, 1.82) is 0 Å². The Kier molecular flexibility index (Phi) is 4.50. The number of aromatic nitrogens is 1. The van der Waals surface area contributed by atoms with Crippen molar-refractivity contribution in [3.05, 3.63) is 35.8 Å². The van der Waals surface area contributed by atoms with Crippen LogP contribution in [0.15, 0.2) is 24.4 Å². The second-order valence-corrected chi connectivity index (χ2v) is 6.65. The number of rotatable bonds is 5. The number of benzene rings is 1. The average Bonchev–Trinajstić information content (AvgIpc) is 3.02. The normalized spacial score (nSPS) is 21.9. The second kappa shape index (κ2) is 6.42. The molecule has 0 saturated carbocycles. The quantitative estimate of drug-likeness (QED) is 0.832. The molecule has 2 aromatic rings. The van der Waals surface area contributed by atoms with E-state index in [1.54, 1.807) is 18.3 Å². The first-order valence-electron chi connectivity index (χ1n) is 8.16. The van der Waals surface area contributed by atoms with Gasteiger partial charge in [-0.05, 0) is 51.4 Å². The smallest absolute Gasteiger partial charge is 0.172 e. The highest BCUT2D eigenvalue weighted by atomic mass is 19.1. The number of carbonyl (C=O) groups is 1. The Bertz CT molecular complexity index is 702. The molecule has 1 saturated heterocycles. The highest BCUT2D eigenvalue weighted by Crippen LogP contribution is 2.33. The summed E-state index contributed by atoms with van der Waals surface area (Å²) in [4.78, 5) is 16.0. The molecule has 1 unspecified atom stereocenters. The van der Waals surface area contributed by atoms with E-state index in [9.17, 15) is 9.18 Å². The van der Waals surface area contributed by atoms with E-state index in [0.29, 0.717) is 24.2 Å². The number of nitrogens with one attached hydrogen (secondary N) is 2. The molecule has 1 aromatic carbocycles. The van der Waals surface area contributed by atoms with Crippen LogP contribution >= 0.6 is 0 Å². The Morgan fingerprint density at radius 1 is 1.43 bits per heavy atom. The van der Waals surface area contributed by atoms with Crippen LogP contribution in [0.25, 0.3) is 10.9 Å². The number of carbonyl (C=O) groups excluding carboxylic acids is 1. The van der Waals surface area contributed by atoms with Gasteiger partial charge in [0.25, 0.3) is 0 Å². The number of hydrogen-bond donors (Lipinski definition) is 2.